The molecule has 0 saturated carbocycles. The van der Waals surface area contributed by atoms with Crippen LogP contribution in [0.3, 0.4) is 0 Å². The van der Waals surface area contributed by atoms with Crippen molar-refractivity contribution in [2.24, 2.45) is 0 Å². The van der Waals surface area contributed by atoms with Crippen molar-refractivity contribution in [3.63, 3.8) is 0 Å². The first-order chi connectivity index (χ1) is 13.5. The third-order valence-corrected chi connectivity index (χ3v) is 5.40. The molecule has 6 nitrogen and oxygen atoms in total. The fraction of sp³-hybridized carbons (Fsp3) is 0.0526. The lowest BCUT2D eigenvalue weighted by atomic mass is 10.1. The minimum atomic E-state index is -0.489. The lowest BCUT2D eigenvalue weighted by Gasteiger charge is -2.06. The summed E-state index contributed by atoms with van der Waals surface area (Å²) in [6.45, 7) is 0. The molecule has 0 atom stereocenters. The van der Waals surface area contributed by atoms with Gasteiger partial charge in [0.15, 0.2) is 5.82 Å². The van der Waals surface area contributed by atoms with Crippen LogP contribution in [0.15, 0.2) is 51.7 Å². The number of aromatic nitrogens is 4. The van der Waals surface area contributed by atoms with E-state index in [1.54, 1.807) is 6.20 Å². The second-order valence-electron chi connectivity index (χ2n) is 5.85. The molecule has 28 heavy (non-hydrogen) atoms. The van der Waals surface area contributed by atoms with Crippen LogP contribution in [0.25, 0.3) is 33.8 Å². The summed E-state index contributed by atoms with van der Waals surface area (Å²) in [4.78, 5) is 28.2. The van der Waals surface area contributed by atoms with Crippen LogP contribution in [-0.2, 0) is 4.74 Å². The fourth-order valence-electron chi connectivity index (χ4n) is 2.72. The van der Waals surface area contributed by atoms with Gasteiger partial charge in [0.25, 0.3) is 0 Å². The second-order valence-corrected chi connectivity index (χ2v) is 8.02. The molecule has 3 heterocycles. The third-order valence-electron chi connectivity index (χ3n) is 4.05. The molecule has 0 aliphatic carbocycles. The number of halogens is 3. The molecule has 0 spiro atoms. The van der Waals surface area contributed by atoms with Gasteiger partial charge in [-0.1, -0.05) is 27.5 Å². The molecule has 0 saturated heterocycles. The maximum absolute atomic E-state index is 11.6. The highest BCUT2D eigenvalue weighted by molar-refractivity contribution is 9.11. The van der Waals surface area contributed by atoms with E-state index in [0.717, 1.165) is 25.5 Å². The molecule has 0 radical (unpaired) electrons. The van der Waals surface area contributed by atoms with Crippen LogP contribution < -0.4 is 0 Å². The standard InChI is InChI=1S/C19H11Br2ClN4O2/c1-28-19(27)10-4-13(22)16(24-8-10)9-2-3-14(23-7-9)18-25-15-6-11(20)5-12(21)17(15)26-18/h2-8H,1H3,(H,25,26). The van der Waals surface area contributed by atoms with E-state index >= 15 is 0 Å². The largest absolute Gasteiger partial charge is 0.465 e. The molecule has 0 aliphatic heterocycles. The molecule has 140 valence electrons. The van der Waals surface area contributed by atoms with Crippen molar-refractivity contribution in [3.8, 4) is 22.8 Å². The van der Waals surface area contributed by atoms with Crippen molar-refractivity contribution in [1.29, 1.82) is 0 Å². The molecule has 0 unspecified atom stereocenters. The highest BCUT2D eigenvalue weighted by atomic mass is 79.9. The summed E-state index contributed by atoms with van der Waals surface area (Å²) in [5.41, 5.74) is 3.96. The lowest BCUT2D eigenvalue weighted by Crippen LogP contribution is -2.02. The summed E-state index contributed by atoms with van der Waals surface area (Å²) in [6.07, 6.45) is 3.09. The Kier molecular flexibility index (Phi) is 5.18. The Morgan fingerprint density at radius 1 is 1.14 bits per heavy atom. The fourth-order valence-corrected chi connectivity index (χ4v) is 4.31. The second kappa shape index (κ2) is 7.62. The van der Waals surface area contributed by atoms with E-state index in [0.29, 0.717) is 27.8 Å². The van der Waals surface area contributed by atoms with Gasteiger partial charge >= 0.3 is 5.97 Å². The highest BCUT2D eigenvalue weighted by Gasteiger charge is 2.14. The zero-order chi connectivity index (χ0) is 19.8. The zero-order valence-corrected chi connectivity index (χ0v) is 18.3. The Morgan fingerprint density at radius 3 is 2.64 bits per heavy atom. The van der Waals surface area contributed by atoms with Crippen molar-refractivity contribution >= 4 is 60.5 Å². The Labute approximate surface area is 181 Å². The number of nitrogens with zero attached hydrogens (tertiary/aromatic N) is 3. The molecule has 0 fully saturated rings. The van der Waals surface area contributed by atoms with E-state index in [2.05, 4.69) is 56.5 Å². The molecule has 3 aromatic heterocycles. The van der Waals surface area contributed by atoms with E-state index in [1.807, 2.05) is 24.3 Å². The minimum absolute atomic E-state index is 0.292. The predicted octanol–water partition coefficient (Wildman–Crippen LogP) is 5.65. The minimum Gasteiger partial charge on any atom is -0.465 e. The van der Waals surface area contributed by atoms with Crippen LogP contribution in [0.2, 0.25) is 5.02 Å². The number of hydrogen-bond donors (Lipinski definition) is 1. The summed E-state index contributed by atoms with van der Waals surface area (Å²) in [6, 6.07) is 9.11. The number of fused-ring (bicyclic) bond motifs is 1. The molecule has 0 bridgehead atoms. The number of methoxy groups -OCH3 is 1. The topological polar surface area (TPSA) is 80.8 Å². The number of benzene rings is 1. The molecule has 9 heteroatoms. The van der Waals surface area contributed by atoms with Gasteiger partial charge in [-0.3, -0.25) is 9.97 Å². The van der Waals surface area contributed by atoms with Crippen molar-refractivity contribution < 1.29 is 9.53 Å². The first kappa shape index (κ1) is 19.0. The average molecular weight is 523 g/mol. The van der Waals surface area contributed by atoms with Gasteiger partial charge in [-0.05, 0) is 46.3 Å². The van der Waals surface area contributed by atoms with Gasteiger partial charge in [0.05, 0.1) is 28.9 Å². The lowest BCUT2D eigenvalue weighted by molar-refractivity contribution is 0.0600. The van der Waals surface area contributed by atoms with E-state index in [1.165, 1.54) is 19.4 Å². The van der Waals surface area contributed by atoms with Crippen molar-refractivity contribution in [3.05, 3.63) is 62.3 Å². The average Bonchev–Trinajstić information content (AvgIpc) is 3.12. The van der Waals surface area contributed by atoms with Gasteiger partial charge < -0.3 is 9.72 Å². The zero-order valence-electron chi connectivity index (χ0n) is 14.3. The van der Waals surface area contributed by atoms with Gasteiger partial charge in [-0.15, -0.1) is 0 Å². The predicted molar refractivity (Wildman–Crippen MR) is 114 cm³/mol. The number of pyridine rings is 2. The van der Waals surface area contributed by atoms with Crippen LogP contribution in [0.4, 0.5) is 0 Å². The summed E-state index contributed by atoms with van der Waals surface area (Å²) in [7, 11) is 1.31. The number of ether oxygens (including phenoxy) is 1. The highest BCUT2D eigenvalue weighted by Crippen LogP contribution is 2.30. The molecular weight excluding hydrogens is 511 g/mol. The summed E-state index contributed by atoms with van der Waals surface area (Å²) in [5, 5.41) is 0.343. The third kappa shape index (κ3) is 3.55. The van der Waals surface area contributed by atoms with Gasteiger partial charge in [0, 0.05) is 26.9 Å². The van der Waals surface area contributed by atoms with Crippen LogP contribution in [0.1, 0.15) is 10.4 Å². The summed E-state index contributed by atoms with van der Waals surface area (Å²) >= 11 is 13.3. The van der Waals surface area contributed by atoms with E-state index in [9.17, 15) is 4.79 Å². The molecule has 0 amide bonds. The molecule has 0 aliphatic rings. The normalized spacial score (nSPS) is 11.0. The molecule has 1 N–H and O–H groups in total. The number of aromatic amines is 1. The van der Waals surface area contributed by atoms with E-state index < -0.39 is 5.97 Å². The van der Waals surface area contributed by atoms with Crippen molar-refractivity contribution in [2.75, 3.05) is 7.11 Å². The summed E-state index contributed by atoms with van der Waals surface area (Å²) < 4.78 is 6.51. The maximum Gasteiger partial charge on any atom is 0.339 e. The first-order valence-corrected chi connectivity index (χ1v) is 9.98. The monoisotopic (exact) mass is 520 g/mol. The smallest absolute Gasteiger partial charge is 0.339 e. The van der Waals surface area contributed by atoms with Crippen LogP contribution in [0.5, 0.6) is 0 Å². The number of carbonyl (C=O) groups excluding carboxylic acids is 1. The number of carbonyl (C=O) groups is 1. The molecule has 4 aromatic rings. The van der Waals surface area contributed by atoms with Crippen LogP contribution in [0, 0.1) is 0 Å². The van der Waals surface area contributed by atoms with Gasteiger partial charge in [-0.2, -0.15) is 0 Å². The van der Waals surface area contributed by atoms with E-state index in [4.69, 9.17) is 11.6 Å². The van der Waals surface area contributed by atoms with Crippen LogP contribution >= 0.6 is 43.5 Å². The number of nitrogens with one attached hydrogen (secondary N) is 1. The summed E-state index contributed by atoms with van der Waals surface area (Å²) in [5.74, 6) is 0.164. The van der Waals surface area contributed by atoms with Gasteiger partial charge in [0.1, 0.15) is 11.2 Å². The quantitative estimate of drug-likeness (QED) is 0.352. The maximum atomic E-state index is 11.6. The Morgan fingerprint density at radius 2 is 1.96 bits per heavy atom. The number of hydrogen-bond acceptors (Lipinski definition) is 5. The van der Waals surface area contributed by atoms with Crippen molar-refractivity contribution in [2.45, 2.75) is 0 Å². The SMILES string of the molecule is COC(=O)c1cnc(-c2ccc(-c3nc4c(Br)cc(Br)cc4[nH]3)nc2)c(Cl)c1. The Balaban J connectivity index is 1.68. The van der Waals surface area contributed by atoms with Crippen LogP contribution in [-0.4, -0.2) is 33.0 Å². The Hall–Kier alpha value is -2.29. The van der Waals surface area contributed by atoms with Gasteiger partial charge in [-0.25, -0.2) is 9.78 Å². The molecule has 4 rings (SSSR count). The number of imidazole rings is 1. The van der Waals surface area contributed by atoms with Gasteiger partial charge in [0.2, 0.25) is 0 Å². The number of H-pyrrole nitrogens is 1. The van der Waals surface area contributed by atoms with Crippen molar-refractivity contribution in [1.82, 2.24) is 19.9 Å². The number of rotatable bonds is 3. The molecular formula is C19H11Br2ClN4O2. The molecule has 1 aromatic carbocycles. The Bertz CT molecular complexity index is 1210. The van der Waals surface area contributed by atoms with E-state index in [-0.39, 0.29) is 0 Å². The number of esters is 1. The first-order valence-electron chi connectivity index (χ1n) is 8.01.